The zero-order chi connectivity index (χ0) is 19.1. The third-order valence-corrected chi connectivity index (χ3v) is 5.92. The Bertz CT molecular complexity index is 863. The van der Waals surface area contributed by atoms with Gasteiger partial charge in [0.2, 0.25) is 0 Å². The van der Waals surface area contributed by atoms with Gasteiger partial charge in [-0.15, -0.1) is 0 Å². The topological polar surface area (TPSA) is 41.8 Å². The lowest BCUT2D eigenvalue weighted by atomic mass is 9.62. The summed E-state index contributed by atoms with van der Waals surface area (Å²) in [7, 11) is 1.69. The highest BCUT2D eigenvalue weighted by molar-refractivity contribution is 5.85. The van der Waals surface area contributed by atoms with Crippen LogP contribution in [0.2, 0.25) is 0 Å². The molecule has 1 N–H and O–H groups in total. The van der Waals surface area contributed by atoms with E-state index in [0.29, 0.717) is 0 Å². The molecule has 138 valence electrons. The minimum absolute atomic E-state index is 0.157. The van der Waals surface area contributed by atoms with Gasteiger partial charge in [0.25, 0.3) is 0 Å². The average Bonchev–Trinajstić information content (AvgIpc) is 2.59. The van der Waals surface area contributed by atoms with Gasteiger partial charge in [0, 0.05) is 5.56 Å². The van der Waals surface area contributed by atoms with Gasteiger partial charge in [0.05, 0.1) is 13.3 Å². The molecule has 3 heteroatoms. The molecule has 26 heavy (non-hydrogen) atoms. The molecule has 2 aromatic rings. The number of hydrogen-bond donors (Lipinski definition) is 1. The van der Waals surface area contributed by atoms with Crippen molar-refractivity contribution in [2.24, 2.45) is 5.16 Å². The van der Waals surface area contributed by atoms with Crippen molar-refractivity contribution >= 4 is 6.21 Å². The summed E-state index contributed by atoms with van der Waals surface area (Å²) in [5.74, 6) is 0.830. The van der Waals surface area contributed by atoms with E-state index < -0.39 is 0 Å². The van der Waals surface area contributed by atoms with Crippen molar-refractivity contribution in [1.82, 2.24) is 0 Å². The molecule has 3 nitrogen and oxygen atoms in total. The van der Waals surface area contributed by atoms with Crippen LogP contribution in [0.5, 0.6) is 5.75 Å². The fourth-order valence-electron chi connectivity index (χ4n) is 4.10. The van der Waals surface area contributed by atoms with Crippen molar-refractivity contribution < 1.29 is 9.94 Å². The van der Waals surface area contributed by atoms with Gasteiger partial charge in [-0.2, -0.15) is 0 Å². The Balaban J connectivity index is 2.27. The number of ether oxygens (including phenoxy) is 1. The van der Waals surface area contributed by atoms with E-state index in [9.17, 15) is 0 Å². The maximum Gasteiger partial charge on any atom is 0.126 e. The number of benzene rings is 2. The van der Waals surface area contributed by atoms with Gasteiger partial charge >= 0.3 is 0 Å². The summed E-state index contributed by atoms with van der Waals surface area (Å²) >= 11 is 0. The average molecular weight is 351 g/mol. The largest absolute Gasteiger partial charge is 0.496 e. The molecule has 0 saturated heterocycles. The monoisotopic (exact) mass is 351 g/mol. The number of rotatable bonds is 3. The molecule has 0 fully saturated rings. The van der Waals surface area contributed by atoms with Crippen molar-refractivity contribution in [1.29, 1.82) is 0 Å². The summed E-state index contributed by atoms with van der Waals surface area (Å²) in [6.45, 7) is 11.5. The maximum atomic E-state index is 8.88. The summed E-state index contributed by atoms with van der Waals surface area (Å²) in [6, 6.07) is 10.6. The molecule has 1 aliphatic rings. The molecule has 0 radical (unpaired) electrons. The SMILES string of the molecule is COc1ccc(/C=N/O)cc1-c1cc2c(cc1C)C(C)(C)CCC2(C)C. The van der Waals surface area contributed by atoms with Gasteiger partial charge in [-0.05, 0) is 82.7 Å². The molecule has 0 saturated carbocycles. The lowest BCUT2D eigenvalue weighted by Gasteiger charge is -2.42. The van der Waals surface area contributed by atoms with Crippen LogP contribution < -0.4 is 4.74 Å². The van der Waals surface area contributed by atoms with E-state index in [2.05, 4.69) is 51.9 Å². The van der Waals surface area contributed by atoms with E-state index in [4.69, 9.17) is 9.94 Å². The van der Waals surface area contributed by atoms with Crippen LogP contribution in [0.3, 0.4) is 0 Å². The quantitative estimate of drug-likeness (QED) is 0.429. The van der Waals surface area contributed by atoms with E-state index in [1.54, 1.807) is 7.11 Å². The molecule has 0 heterocycles. The van der Waals surface area contributed by atoms with Gasteiger partial charge in [0.1, 0.15) is 5.75 Å². The van der Waals surface area contributed by atoms with Crippen molar-refractivity contribution in [3.63, 3.8) is 0 Å². The summed E-state index contributed by atoms with van der Waals surface area (Å²) in [5.41, 5.74) is 7.54. The number of nitrogens with zero attached hydrogens (tertiary/aromatic N) is 1. The molecular weight excluding hydrogens is 322 g/mol. The Labute approximate surface area is 156 Å². The molecule has 0 spiro atoms. The molecule has 3 rings (SSSR count). The van der Waals surface area contributed by atoms with E-state index in [-0.39, 0.29) is 10.8 Å². The smallest absolute Gasteiger partial charge is 0.126 e. The second kappa shape index (κ2) is 6.46. The van der Waals surface area contributed by atoms with Gasteiger partial charge in [-0.3, -0.25) is 0 Å². The Morgan fingerprint density at radius 2 is 1.58 bits per heavy atom. The second-order valence-electron chi connectivity index (χ2n) is 8.68. The highest BCUT2D eigenvalue weighted by atomic mass is 16.5. The molecule has 0 atom stereocenters. The van der Waals surface area contributed by atoms with Gasteiger partial charge in [0.15, 0.2) is 0 Å². The van der Waals surface area contributed by atoms with Crippen LogP contribution >= 0.6 is 0 Å². The Hall–Kier alpha value is -2.29. The molecule has 0 bridgehead atoms. The fraction of sp³-hybridized carbons (Fsp3) is 0.435. The van der Waals surface area contributed by atoms with E-state index in [0.717, 1.165) is 16.9 Å². The summed E-state index contributed by atoms with van der Waals surface area (Å²) in [4.78, 5) is 0. The lowest BCUT2D eigenvalue weighted by Crippen LogP contribution is -2.34. The highest BCUT2D eigenvalue weighted by Crippen LogP contribution is 2.48. The van der Waals surface area contributed by atoms with Crippen LogP contribution in [0.15, 0.2) is 35.5 Å². The highest BCUT2D eigenvalue weighted by Gasteiger charge is 2.37. The maximum absolute atomic E-state index is 8.88. The van der Waals surface area contributed by atoms with Crippen molar-refractivity contribution in [3.05, 3.63) is 52.6 Å². The Kier molecular flexibility index (Phi) is 4.60. The second-order valence-corrected chi connectivity index (χ2v) is 8.68. The first-order valence-corrected chi connectivity index (χ1v) is 9.21. The molecule has 0 amide bonds. The minimum Gasteiger partial charge on any atom is -0.496 e. The van der Waals surface area contributed by atoms with Crippen LogP contribution in [0.25, 0.3) is 11.1 Å². The molecular formula is C23H29NO2. The van der Waals surface area contributed by atoms with Crippen LogP contribution in [-0.2, 0) is 10.8 Å². The van der Waals surface area contributed by atoms with Gasteiger partial charge < -0.3 is 9.94 Å². The Morgan fingerprint density at radius 1 is 0.962 bits per heavy atom. The number of hydrogen-bond acceptors (Lipinski definition) is 3. The first-order chi connectivity index (χ1) is 12.2. The van der Waals surface area contributed by atoms with Crippen molar-refractivity contribution in [2.75, 3.05) is 7.11 Å². The molecule has 0 aliphatic heterocycles. The summed E-state index contributed by atoms with van der Waals surface area (Å²) < 4.78 is 5.62. The molecule has 2 aromatic carbocycles. The van der Waals surface area contributed by atoms with Crippen molar-refractivity contribution in [2.45, 2.75) is 58.3 Å². The van der Waals surface area contributed by atoms with Crippen LogP contribution in [0, 0.1) is 6.92 Å². The molecule has 0 aromatic heterocycles. The summed E-state index contributed by atoms with van der Waals surface area (Å²) in [6.07, 6.45) is 3.84. The van der Waals surface area contributed by atoms with Crippen LogP contribution in [0.1, 0.15) is 62.8 Å². The van der Waals surface area contributed by atoms with Crippen LogP contribution in [0.4, 0.5) is 0 Å². The van der Waals surface area contributed by atoms with Gasteiger partial charge in [-0.1, -0.05) is 38.9 Å². The molecule has 0 unspecified atom stereocenters. The van der Waals surface area contributed by atoms with E-state index in [1.807, 2.05) is 18.2 Å². The first kappa shape index (κ1) is 18.5. The minimum atomic E-state index is 0.157. The molecule has 1 aliphatic carbocycles. The number of aryl methyl sites for hydroxylation is 1. The third kappa shape index (κ3) is 3.11. The van der Waals surface area contributed by atoms with Crippen molar-refractivity contribution in [3.8, 4) is 16.9 Å². The zero-order valence-corrected chi connectivity index (χ0v) is 16.7. The van der Waals surface area contributed by atoms with Crippen LogP contribution in [-0.4, -0.2) is 18.5 Å². The standard InChI is InChI=1S/C23H29NO2/c1-15-11-19-20(23(4,5)10-9-22(19,2)3)13-17(15)18-12-16(14-24-25)7-8-21(18)26-6/h7-8,11-14,25H,9-10H2,1-6H3/b24-14+. The first-order valence-electron chi connectivity index (χ1n) is 9.21. The third-order valence-electron chi connectivity index (χ3n) is 5.92. The van der Waals surface area contributed by atoms with Gasteiger partial charge in [-0.25, -0.2) is 0 Å². The fourth-order valence-corrected chi connectivity index (χ4v) is 4.10. The lowest BCUT2D eigenvalue weighted by molar-refractivity contribution is 0.322. The summed E-state index contributed by atoms with van der Waals surface area (Å²) in [5, 5.41) is 12.0. The normalized spacial score (nSPS) is 17.9. The number of methoxy groups -OCH3 is 1. The zero-order valence-electron chi connectivity index (χ0n) is 16.7. The number of fused-ring (bicyclic) bond motifs is 1. The predicted octanol–water partition coefficient (Wildman–Crippen LogP) is 5.83. The number of oxime groups is 1. The van der Waals surface area contributed by atoms with E-state index in [1.165, 1.54) is 41.3 Å². The predicted molar refractivity (Wildman–Crippen MR) is 108 cm³/mol. The Morgan fingerprint density at radius 3 is 2.15 bits per heavy atom. The van der Waals surface area contributed by atoms with E-state index >= 15 is 0 Å².